The molecule has 18 heavy (non-hydrogen) atoms. The first-order valence-corrected chi connectivity index (χ1v) is 6.25. The van der Waals surface area contributed by atoms with Gasteiger partial charge in [0.1, 0.15) is 5.75 Å². The average Bonchev–Trinajstić information content (AvgIpc) is 2.73. The number of aromatic nitrogens is 2. The van der Waals surface area contributed by atoms with Crippen LogP contribution in [0.2, 0.25) is 0 Å². The average molecular weight is 313 g/mol. The molecule has 0 unspecified atom stereocenters. The summed E-state index contributed by atoms with van der Waals surface area (Å²) in [6.07, 6.45) is -0.609. The van der Waals surface area contributed by atoms with E-state index in [-0.39, 0.29) is 6.61 Å². The van der Waals surface area contributed by atoms with Crippen molar-refractivity contribution in [2.24, 2.45) is 0 Å². The van der Waals surface area contributed by atoms with Crippen LogP contribution in [0.25, 0.3) is 0 Å². The molecule has 0 spiro atoms. The Hall–Kier alpha value is -1.40. The van der Waals surface area contributed by atoms with E-state index in [0.717, 1.165) is 4.47 Å². The van der Waals surface area contributed by atoms with E-state index in [1.807, 2.05) is 12.1 Å². The van der Waals surface area contributed by atoms with Crippen molar-refractivity contribution >= 4 is 15.9 Å². The number of benzene rings is 1. The zero-order valence-corrected chi connectivity index (χ0v) is 11.6. The topological polar surface area (TPSA) is 68.4 Å². The van der Waals surface area contributed by atoms with E-state index >= 15 is 0 Å². The Bertz CT molecular complexity index is 540. The molecule has 0 bridgehead atoms. The molecular weight excluding hydrogens is 300 g/mol. The van der Waals surface area contributed by atoms with Crippen LogP contribution in [0.5, 0.6) is 5.75 Å². The van der Waals surface area contributed by atoms with Crippen LogP contribution in [0.4, 0.5) is 0 Å². The zero-order chi connectivity index (χ0) is 13.1. The molecule has 1 aromatic carbocycles. The first-order chi connectivity index (χ1) is 8.56. The lowest BCUT2D eigenvalue weighted by molar-refractivity contribution is 0.185. The predicted molar refractivity (Wildman–Crippen MR) is 68.1 cm³/mol. The summed E-state index contributed by atoms with van der Waals surface area (Å²) in [6, 6.07) is 5.45. The van der Waals surface area contributed by atoms with E-state index in [4.69, 9.17) is 9.26 Å². The number of hydrogen-bond donors (Lipinski definition) is 1. The minimum absolute atomic E-state index is 0.183. The fourth-order valence-corrected chi connectivity index (χ4v) is 1.89. The summed E-state index contributed by atoms with van der Waals surface area (Å²) in [7, 11) is 0. The summed E-state index contributed by atoms with van der Waals surface area (Å²) in [4.78, 5) is 4.04. The summed E-state index contributed by atoms with van der Waals surface area (Å²) in [5.41, 5.74) is 0.709. The highest BCUT2D eigenvalue weighted by Gasteiger charge is 2.11. The molecule has 0 amide bonds. The van der Waals surface area contributed by atoms with Gasteiger partial charge in [0.25, 0.3) is 5.89 Å². The second-order valence-electron chi connectivity index (χ2n) is 3.88. The van der Waals surface area contributed by atoms with Crippen molar-refractivity contribution < 1.29 is 14.4 Å². The summed E-state index contributed by atoms with van der Waals surface area (Å²) < 4.78 is 11.4. The Balaban J connectivity index is 2.13. The van der Waals surface area contributed by atoms with Crippen LogP contribution in [-0.2, 0) is 6.61 Å². The first-order valence-electron chi connectivity index (χ1n) is 5.46. The molecule has 6 heteroatoms. The highest BCUT2D eigenvalue weighted by atomic mass is 79.9. The van der Waals surface area contributed by atoms with Gasteiger partial charge in [-0.3, -0.25) is 0 Å². The van der Waals surface area contributed by atoms with E-state index in [0.29, 0.717) is 23.0 Å². The standard InChI is InChI=1S/C12H13BrN2O3/c1-7(16)10-5-9(13)3-4-11(10)17-6-12-14-8(2)15-18-12/h3-5,7,16H,6H2,1-2H3/t7-/m1/s1. The number of hydrogen-bond acceptors (Lipinski definition) is 5. The maximum Gasteiger partial charge on any atom is 0.264 e. The second kappa shape index (κ2) is 5.49. The van der Waals surface area contributed by atoms with Crippen molar-refractivity contribution in [3.05, 3.63) is 40.0 Å². The fraction of sp³-hybridized carbons (Fsp3) is 0.333. The molecule has 0 aliphatic carbocycles. The third-order valence-electron chi connectivity index (χ3n) is 2.34. The first kappa shape index (κ1) is 13.0. The van der Waals surface area contributed by atoms with Gasteiger partial charge in [0.15, 0.2) is 12.4 Å². The lowest BCUT2D eigenvalue weighted by atomic mass is 10.1. The minimum atomic E-state index is -0.609. The summed E-state index contributed by atoms with van der Waals surface area (Å²) in [5.74, 6) is 1.58. The van der Waals surface area contributed by atoms with Gasteiger partial charge in [0, 0.05) is 10.0 Å². The Labute approximate surface area is 113 Å². The molecule has 96 valence electrons. The van der Waals surface area contributed by atoms with E-state index in [2.05, 4.69) is 26.1 Å². The lowest BCUT2D eigenvalue weighted by Crippen LogP contribution is -2.01. The Morgan fingerprint density at radius 2 is 2.28 bits per heavy atom. The maximum atomic E-state index is 9.68. The normalized spacial score (nSPS) is 12.4. The van der Waals surface area contributed by atoms with E-state index in [1.165, 1.54) is 0 Å². The van der Waals surface area contributed by atoms with E-state index < -0.39 is 6.10 Å². The second-order valence-corrected chi connectivity index (χ2v) is 4.80. The fourth-order valence-electron chi connectivity index (χ4n) is 1.52. The van der Waals surface area contributed by atoms with E-state index in [1.54, 1.807) is 19.9 Å². The third-order valence-corrected chi connectivity index (χ3v) is 2.84. The van der Waals surface area contributed by atoms with Gasteiger partial charge < -0.3 is 14.4 Å². The molecule has 5 nitrogen and oxygen atoms in total. The number of halogens is 1. The van der Waals surface area contributed by atoms with Crippen molar-refractivity contribution in [3.63, 3.8) is 0 Å². The molecule has 1 heterocycles. The summed E-state index contributed by atoms with van der Waals surface area (Å²) in [6.45, 7) is 3.61. The van der Waals surface area contributed by atoms with Crippen LogP contribution in [0.1, 0.15) is 30.3 Å². The van der Waals surface area contributed by atoms with Crippen LogP contribution in [0.15, 0.2) is 27.2 Å². The Kier molecular flexibility index (Phi) is 3.98. The van der Waals surface area contributed by atoms with Gasteiger partial charge in [-0.25, -0.2) is 0 Å². The van der Waals surface area contributed by atoms with Crippen LogP contribution < -0.4 is 4.74 Å². The number of aliphatic hydroxyl groups is 1. The number of rotatable bonds is 4. The lowest BCUT2D eigenvalue weighted by Gasteiger charge is -2.12. The molecule has 0 aliphatic heterocycles. The van der Waals surface area contributed by atoms with Crippen molar-refractivity contribution in [2.75, 3.05) is 0 Å². The Morgan fingerprint density at radius 1 is 1.50 bits per heavy atom. The minimum Gasteiger partial charge on any atom is -0.483 e. The smallest absolute Gasteiger partial charge is 0.264 e. The molecule has 1 aromatic heterocycles. The van der Waals surface area contributed by atoms with E-state index in [9.17, 15) is 5.11 Å². The van der Waals surface area contributed by atoms with Gasteiger partial charge in [-0.15, -0.1) is 0 Å². The molecule has 1 atom stereocenters. The summed E-state index contributed by atoms with van der Waals surface area (Å²) in [5, 5.41) is 13.4. The highest BCUT2D eigenvalue weighted by molar-refractivity contribution is 9.10. The zero-order valence-electron chi connectivity index (χ0n) is 10.1. The van der Waals surface area contributed by atoms with Crippen molar-refractivity contribution in [2.45, 2.75) is 26.6 Å². The molecule has 2 rings (SSSR count). The number of aliphatic hydroxyl groups excluding tert-OH is 1. The molecule has 1 N–H and O–H groups in total. The van der Waals surface area contributed by atoms with Crippen molar-refractivity contribution in [1.29, 1.82) is 0 Å². The highest BCUT2D eigenvalue weighted by Crippen LogP contribution is 2.28. The SMILES string of the molecule is Cc1noc(COc2ccc(Br)cc2[C@@H](C)O)n1. The molecule has 0 aliphatic rings. The van der Waals surface area contributed by atoms with Gasteiger partial charge in [0.2, 0.25) is 0 Å². The molecule has 0 fully saturated rings. The monoisotopic (exact) mass is 312 g/mol. The third kappa shape index (κ3) is 3.08. The Morgan fingerprint density at radius 3 is 2.89 bits per heavy atom. The number of aryl methyl sites for hydroxylation is 1. The van der Waals surface area contributed by atoms with Crippen LogP contribution in [0, 0.1) is 6.92 Å². The van der Waals surface area contributed by atoms with Crippen molar-refractivity contribution in [3.8, 4) is 5.75 Å². The van der Waals surface area contributed by atoms with Gasteiger partial charge in [0.05, 0.1) is 6.10 Å². The molecule has 2 aromatic rings. The maximum absolute atomic E-state index is 9.68. The van der Waals surface area contributed by atoms with Gasteiger partial charge in [-0.1, -0.05) is 21.1 Å². The van der Waals surface area contributed by atoms with Gasteiger partial charge in [-0.05, 0) is 32.0 Å². The van der Waals surface area contributed by atoms with Crippen molar-refractivity contribution in [1.82, 2.24) is 10.1 Å². The summed E-state index contributed by atoms with van der Waals surface area (Å²) >= 11 is 3.36. The largest absolute Gasteiger partial charge is 0.483 e. The molecule has 0 saturated heterocycles. The molecule has 0 saturated carbocycles. The van der Waals surface area contributed by atoms with Crippen LogP contribution in [0.3, 0.4) is 0 Å². The number of nitrogens with zero attached hydrogens (tertiary/aromatic N) is 2. The van der Waals surface area contributed by atoms with Crippen LogP contribution >= 0.6 is 15.9 Å². The predicted octanol–water partition coefficient (Wildman–Crippen LogP) is 2.77. The van der Waals surface area contributed by atoms with Gasteiger partial charge in [-0.2, -0.15) is 4.98 Å². The van der Waals surface area contributed by atoms with Crippen LogP contribution in [-0.4, -0.2) is 15.2 Å². The number of ether oxygens (including phenoxy) is 1. The quantitative estimate of drug-likeness (QED) is 0.940. The molecule has 0 radical (unpaired) electrons. The van der Waals surface area contributed by atoms with Gasteiger partial charge >= 0.3 is 0 Å². The molecular formula is C12H13BrN2O3.